The summed E-state index contributed by atoms with van der Waals surface area (Å²) in [5.74, 6) is -0.718. The summed E-state index contributed by atoms with van der Waals surface area (Å²) in [5.41, 5.74) is 0. The lowest BCUT2D eigenvalue weighted by molar-refractivity contribution is -0.134. The molecule has 0 rings (SSSR count). The standard InChI is InChI=1S/C12H30O7Si4/c1-9-15-21(6)23(8,18-12(4)14)22(7,16-10-2)19-20(5)17-11(3)13/h20-21H,9-10H2,1-8H3. The normalized spacial score (nSPS) is 19.1. The minimum absolute atomic E-state index is 0.345. The Hall–Kier alpha value is -0.312. The monoisotopic (exact) mass is 398 g/mol. The maximum atomic E-state index is 11.7. The zero-order valence-corrected chi connectivity index (χ0v) is 19.7. The molecule has 0 bridgehead atoms. The second-order valence-electron chi connectivity index (χ2n) is 5.47. The molecule has 0 fully saturated rings. The fourth-order valence-corrected chi connectivity index (χ4v) is 30.7. The molecule has 0 aromatic rings. The quantitative estimate of drug-likeness (QED) is 0.512. The molecule has 0 heterocycles. The molecule has 0 aromatic carbocycles. The lowest BCUT2D eigenvalue weighted by atomic mass is 10.9. The van der Waals surface area contributed by atoms with Crippen LogP contribution in [0.25, 0.3) is 0 Å². The van der Waals surface area contributed by atoms with Crippen molar-refractivity contribution in [3.05, 3.63) is 0 Å². The van der Waals surface area contributed by atoms with Crippen LogP contribution in [0.4, 0.5) is 0 Å². The van der Waals surface area contributed by atoms with Gasteiger partial charge in [-0.1, -0.05) is 0 Å². The minimum Gasteiger partial charge on any atom is -0.517 e. The van der Waals surface area contributed by atoms with Gasteiger partial charge >= 0.3 is 24.7 Å². The topological polar surface area (TPSA) is 80.3 Å². The molecule has 4 atom stereocenters. The molecule has 4 unspecified atom stereocenters. The lowest BCUT2D eigenvalue weighted by Gasteiger charge is -2.43. The Balaban J connectivity index is 5.64. The van der Waals surface area contributed by atoms with Gasteiger partial charge in [0.15, 0.2) is 0 Å². The molecular weight excluding hydrogens is 368 g/mol. The largest absolute Gasteiger partial charge is 0.517 e. The molecule has 136 valence electrons. The summed E-state index contributed by atoms with van der Waals surface area (Å²) in [7, 11) is -9.67. The first-order chi connectivity index (χ1) is 10.5. The summed E-state index contributed by atoms with van der Waals surface area (Å²) in [6.45, 7) is 15.2. The van der Waals surface area contributed by atoms with E-state index < -0.39 is 33.3 Å². The van der Waals surface area contributed by atoms with Gasteiger partial charge in [0.1, 0.15) is 0 Å². The third kappa shape index (κ3) is 6.60. The molecule has 0 radical (unpaired) electrons. The SMILES string of the molecule is CCO[SiH](C)[Si](C)(OC(C)=O)[Si](C)(OCC)O[SiH](C)OC(C)=O. The molecule has 7 nitrogen and oxygen atoms in total. The Morgan fingerprint density at radius 2 is 1.57 bits per heavy atom. The summed E-state index contributed by atoms with van der Waals surface area (Å²) in [5, 5.41) is 0. The highest BCUT2D eigenvalue weighted by atomic mass is 29.7. The Bertz CT molecular complexity index is 411. The van der Waals surface area contributed by atoms with Crippen molar-refractivity contribution in [1.29, 1.82) is 0 Å². The molecule has 0 spiro atoms. The van der Waals surface area contributed by atoms with Gasteiger partial charge in [0.25, 0.3) is 11.9 Å². The molecule has 0 aliphatic rings. The number of rotatable bonds is 10. The number of carbonyl (C=O) groups is 2. The van der Waals surface area contributed by atoms with Crippen LogP contribution in [0.5, 0.6) is 0 Å². The first-order valence-corrected chi connectivity index (χ1v) is 19.1. The van der Waals surface area contributed by atoms with E-state index in [9.17, 15) is 9.59 Å². The average Bonchev–Trinajstić information content (AvgIpc) is 2.36. The third-order valence-electron chi connectivity index (χ3n) is 3.59. The van der Waals surface area contributed by atoms with Crippen molar-refractivity contribution in [2.75, 3.05) is 13.2 Å². The summed E-state index contributed by atoms with van der Waals surface area (Å²) >= 11 is 0. The summed E-state index contributed by atoms with van der Waals surface area (Å²) in [6.07, 6.45) is 0. The Kier molecular flexibility index (Phi) is 9.72. The molecule has 0 N–H and O–H groups in total. The van der Waals surface area contributed by atoms with E-state index in [2.05, 4.69) is 0 Å². The molecule has 11 heteroatoms. The highest BCUT2D eigenvalue weighted by Crippen LogP contribution is 2.27. The van der Waals surface area contributed by atoms with E-state index in [0.29, 0.717) is 13.2 Å². The van der Waals surface area contributed by atoms with Crippen molar-refractivity contribution in [1.82, 2.24) is 0 Å². The van der Waals surface area contributed by atoms with Gasteiger partial charge in [-0.25, -0.2) is 0 Å². The van der Waals surface area contributed by atoms with Gasteiger partial charge < -0.3 is 21.8 Å². The van der Waals surface area contributed by atoms with Crippen LogP contribution in [-0.4, -0.2) is 58.4 Å². The summed E-state index contributed by atoms with van der Waals surface area (Å²) in [6, 6.07) is 0. The van der Waals surface area contributed by atoms with Gasteiger partial charge in [0.05, 0.1) is 0 Å². The van der Waals surface area contributed by atoms with Crippen LogP contribution >= 0.6 is 0 Å². The molecule has 0 aliphatic heterocycles. The highest BCUT2D eigenvalue weighted by molar-refractivity contribution is 7.58. The molecule has 0 saturated carbocycles. The zero-order valence-electron chi connectivity index (χ0n) is 15.4. The van der Waals surface area contributed by atoms with E-state index in [1.54, 1.807) is 6.55 Å². The van der Waals surface area contributed by atoms with Crippen molar-refractivity contribution in [2.45, 2.75) is 53.9 Å². The maximum Gasteiger partial charge on any atom is 0.373 e. The zero-order chi connectivity index (χ0) is 18.3. The predicted molar refractivity (Wildman–Crippen MR) is 97.1 cm³/mol. The Labute approximate surface area is 144 Å². The van der Waals surface area contributed by atoms with E-state index in [1.807, 2.05) is 33.5 Å². The molecule has 0 saturated heterocycles. The van der Waals surface area contributed by atoms with Crippen LogP contribution in [-0.2, 0) is 31.4 Å². The van der Waals surface area contributed by atoms with Crippen molar-refractivity contribution in [3.8, 4) is 0 Å². The second kappa shape index (κ2) is 9.86. The number of hydrogen-bond acceptors (Lipinski definition) is 7. The molecule has 0 amide bonds. The van der Waals surface area contributed by atoms with Crippen LogP contribution in [0, 0.1) is 0 Å². The maximum absolute atomic E-state index is 11.7. The van der Waals surface area contributed by atoms with E-state index >= 15 is 0 Å². The second-order valence-corrected chi connectivity index (χ2v) is 27.2. The molecule has 23 heavy (non-hydrogen) atoms. The van der Waals surface area contributed by atoms with E-state index in [0.717, 1.165) is 0 Å². The van der Waals surface area contributed by atoms with Gasteiger partial charge in [-0.3, -0.25) is 9.59 Å². The highest BCUT2D eigenvalue weighted by Gasteiger charge is 2.63. The van der Waals surface area contributed by atoms with Crippen LogP contribution < -0.4 is 0 Å². The number of hydrogen-bond donors (Lipinski definition) is 0. The van der Waals surface area contributed by atoms with E-state index in [4.69, 9.17) is 21.8 Å². The first-order valence-electron chi connectivity index (χ1n) is 7.82. The van der Waals surface area contributed by atoms with Gasteiger partial charge in [0, 0.05) is 27.1 Å². The van der Waals surface area contributed by atoms with Crippen LogP contribution in [0.1, 0.15) is 27.7 Å². The Morgan fingerprint density at radius 3 is 1.96 bits per heavy atom. The van der Waals surface area contributed by atoms with Crippen molar-refractivity contribution in [2.24, 2.45) is 0 Å². The first kappa shape index (κ1) is 22.7. The van der Waals surface area contributed by atoms with Crippen LogP contribution in [0.2, 0.25) is 26.2 Å². The van der Waals surface area contributed by atoms with Crippen molar-refractivity contribution >= 4 is 45.2 Å². The molecule has 0 aliphatic carbocycles. The van der Waals surface area contributed by atoms with E-state index in [1.165, 1.54) is 13.8 Å². The fraction of sp³-hybridized carbons (Fsp3) is 0.833. The van der Waals surface area contributed by atoms with Gasteiger partial charge in [0.2, 0.25) is 8.56 Å². The molecular formula is C12H30O7Si4. The van der Waals surface area contributed by atoms with Gasteiger partial charge in [-0.15, -0.1) is 0 Å². The van der Waals surface area contributed by atoms with E-state index in [-0.39, 0.29) is 11.9 Å². The molecule has 0 aromatic heterocycles. The van der Waals surface area contributed by atoms with Gasteiger partial charge in [-0.2, -0.15) is 0 Å². The predicted octanol–water partition coefficient (Wildman–Crippen LogP) is 1.21. The van der Waals surface area contributed by atoms with Gasteiger partial charge in [-0.05, 0) is 40.0 Å². The summed E-state index contributed by atoms with van der Waals surface area (Å²) in [4.78, 5) is 22.9. The van der Waals surface area contributed by atoms with Crippen LogP contribution in [0.3, 0.4) is 0 Å². The number of carbonyl (C=O) groups excluding carboxylic acids is 2. The third-order valence-corrected chi connectivity index (χ3v) is 34.2. The van der Waals surface area contributed by atoms with Crippen LogP contribution in [0.15, 0.2) is 0 Å². The minimum atomic E-state index is -2.88. The van der Waals surface area contributed by atoms with Crippen molar-refractivity contribution in [3.63, 3.8) is 0 Å². The fourth-order valence-electron chi connectivity index (χ4n) is 2.40. The smallest absolute Gasteiger partial charge is 0.373 e. The van der Waals surface area contributed by atoms with Crippen molar-refractivity contribution < 1.29 is 31.4 Å². The average molecular weight is 399 g/mol. The summed E-state index contributed by atoms with van der Waals surface area (Å²) < 4.78 is 29.1. The lowest BCUT2D eigenvalue weighted by Crippen LogP contribution is -2.74. The Morgan fingerprint density at radius 1 is 1.00 bits per heavy atom.